The number of carbonyl (C=O) groups is 3. The average Bonchev–Trinajstić information content (AvgIpc) is 3.44. The minimum Gasteiger partial charge on any atom is -0.481 e. The van der Waals surface area contributed by atoms with Gasteiger partial charge in [0.05, 0.1) is 24.7 Å². The van der Waals surface area contributed by atoms with Gasteiger partial charge in [-0.25, -0.2) is 0 Å². The summed E-state index contributed by atoms with van der Waals surface area (Å²) in [6, 6.07) is -0.904. The van der Waals surface area contributed by atoms with Crippen molar-refractivity contribution in [2.45, 2.75) is 49.9 Å². The summed E-state index contributed by atoms with van der Waals surface area (Å²) < 4.78 is 11.9. The van der Waals surface area contributed by atoms with Crippen LogP contribution in [0.1, 0.15) is 32.6 Å². The van der Waals surface area contributed by atoms with E-state index in [9.17, 15) is 24.6 Å². The minimum atomic E-state index is -1.15. The van der Waals surface area contributed by atoms with Crippen molar-refractivity contribution in [2.24, 2.45) is 11.8 Å². The van der Waals surface area contributed by atoms with Gasteiger partial charge in [-0.2, -0.15) is 0 Å². The van der Waals surface area contributed by atoms with Crippen LogP contribution >= 0.6 is 0 Å². The van der Waals surface area contributed by atoms with Gasteiger partial charge in [0.1, 0.15) is 17.6 Å². The second kappa shape index (κ2) is 9.93. The minimum absolute atomic E-state index is 0.127. The summed E-state index contributed by atoms with van der Waals surface area (Å²) in [5.74, 6) is -3.50. The highest BCUT2D eigenvalue weighted by atomic mass is 16.5. The van der Waals surface area contributed by atoms with Gasteiger partial charge >= 0.3 is 5.97 Å². The second-order valence-electron chi connectivity index (χ2n) is 9.81. The Morgan fingerprint density at radius 1 is 1.26 bits per heavy atom. The van der Waals surface area contributed by atoms with Gasteiger partial charge in [-0.1, -0.05) is 13.0 Å². The topological polar surface area (TPSA) is 120 Å². The predicted octanol–water partition coefficient (Wildman–Crippen LogP) is -0.0450. The van der Waals surface area contributed by atoms with Crippen LogP contribution < -0.4 is 0 Å². The number of aliphatic carboxylic acids is 1. The number of aliphatic hydroxyl groups is 1. The van der Waals surface area contributed by atoms with Crippen molar-refractivity contribution in [2.75, 3.05) is 59.1 Å². The number of fused-ring (bicyclic) bond motifs is 1. The number of rotatable bonds is 11. The molecule has 4 aliphatic rings. The molecule has 10 nitrogen and oxygen atoms in total. The number of amides is 2. The molecule has 2 amide bonds. The SMILES string of the molecule is C=CCN(CCN1CCOCC1)C(=O)C1N(CCCO)C(=O)[C@@H]2[C@H](C(=O)O)[C@]3(CC)CCC12O3. The van der Waals surface area contributed by atoms with Crippen molar-refractivity contribution < 1.29 is 34.1 Å². The zero-order valence-electron chi connectivity index (χ0n) is 20.0. The monoisotopic (exact) mass is 479 g/mol. The van der Waals surface area contributed by atoms with Crippen LogP contribution in [0.5, 0.6) is 0 Å². The number of likely N-dealkylation sites (tertiary alicyclic amines) is 1. The standard InChI is InChI=1S/C24H37N3O7/c1-3-8-26(11-10-25-12-15-33-16-13-25)21(30)19-24-7-6-23(4-2,34-24)18(22(31)32)17(24)20(29)27(19)9-5-14-28/h3,17-19,28H,1,4-16H2,2H3,(H,31,32)/t17-,18+,19?,23-,24?/m0/s1. The highest BCUT2D eigenvalue weighted by Gasteiger charge is 2.78. The van der Waals surface area contributed by atoms with E-state index in [2.05, 4.69) is 11.5 Å². The Kier molecular flexibility index (Phi) is 7.33. The van der Waals surface area contributed by atoms with Crippen LogP contribution in [0.25, 0.3) is 0 Å². The van der Waals surface area contributed by atoms with E-state index in [1.165, 1.54) is 4.90 Å². The van der Waals surface area contributed by atoms with Gasteiger partial charge in [0, 0.05) is 45.9 Å². The van der Waals surface area contributed by atoms with Crippen LogP contribution in [0.4, 0.5) is 0 Å². The lowest BCUT2D eigenvalue weighted by molar-refractivity contribution is -0.158. The third-order valence-electron chi connectivity index (χ3n) is 8.19. The molecule has 4 fully saturated rings. The summed E-state index contributed by atoms with van der Waals surface area (Å²) in [6.45, 7) is 10.1. The fraction of sp³-hybridized carbons (Fsp3) is 0.792. The van der Waals surface area contributed by atoms with Gasteiger partial charge in [0.15, 0.2) is 0 Å². The molecule has 4 rings (SSSR count). The van der Waals surface area contributed by atoms with Gasteiger partial charge in [-0.15, -0.1) is 6.58 Å². The molecule has 10 heteroatoms. The molecule has 2 unspecified atom stereocenters. The number of carboxylic acids is 1. The first kappa shape index (κ1) is 25.1. The summed E-state index contributed by atoms with van der Waals surface area (Å²) in [4.78, 5) is 45.5. The molecule has 34 heavy (non-hydrogen) atoms. The van der Waals surface area contributed by atoms with Gasteiger partial charge < -0.3 is 29.5 Å². The first-order valence-electron chi connectivity index (χ1n) is 12.4. The average molecular weight is 480 g/mol. The molecule has 5 atom stereocenters. The quantitative estimate of drug-likeness (QED) is 0.396. The van der Waals surface area contributed by atoms with Crippen LogP contribution in [-0.2, 0) is 23.9 Å². The maximum absolute atomic E-state index is 14.1. The summed E-state index contributed by atoms with van der Waals surface area (Å²) in [5.41, 5.74) is -2.08. The van der Waals surface area contributed by atoms with Crippen LogP contribution in [0, 0.1) is 11.8 Å². The van der Waals surface area contributed by atoms with Crippen molar-refractivity contribution in [3.8, 4) is 0 Å². The van der Waals surface area contributed by atoms with Crippen LogP contribution in [-0.4, -0.2) is 119 Å². The lowest BCUT2D eigenvalue weighted by Crippen LogP contribution is -2.57. The van der Waals surface area contributed by atoms with Crippen LogP contribution in [0.15, 0.2) is 12.7 Å². The summed E-state index contributed by atoms with van der Waals surface area (Å²) >= 11 is 0. The Morgan fingerprint density at radius 2 is 2.00 bits per heavy atom. The molecule has 4 saturated heterocycles. The first-order chi connectivity index (χ1) is 16.3. The fourth-order valence-corrected chi connectivity index (χ4v) is 6.56. The molecule has 0 aliphatic carbocycles. The molecule has 0 saturated carbocycles. The highest BCUT2D eigenvalue weighted by Crippen LogP contribution is 2.64. The van der Waals surface area contributed by atoms with Crippen LogP contribution in [0.2, 0.25) is 0 Å². The number of hydrogen-bond donors (Lipinski definition) is 2. The second-order valence-corrected chi connectivity index (χ2v) is 9.81. The molecular formula is C24H37N3O7. The van der Waals surface area contributed by atoms with E-state index < -0.39 is 35.0 Å². The first-order valence-corrected chi connectivity index (χ1v) is 12.4. The third-order valence-corrected chi connectivity index (χ3v) is 8.19. The van der Waals surface area contributed by atoms with E-state index >= 15 is 0 Å². The molecule has 0 aromatic heterocycles. The van der Waals surface area contributed by atoms with E-state index in [0.29, 0.717) is 58.5 Å². The van der Waals surface area contributed by atoms with E-state index in [0.717, 1.165) is 13.1 Å². The number of aliphatic hydroxyl groups excluding tert-OH is 1. The van der Waals surface area contributed by atoms with E-state index in [1.54, 1.807) is 11.0 Å². The maximum atomic E-state index is 14.1. The Balaban J connectivity index is 1.65. The molecule has 2 N–H and O–H groups in total. The summed E-state index contributed by atoms with van der Waals surface area (Å²) in [5, 5.41) is 19.5. The molecular weight excluding hydrogens is 442 g/mol. The number of morpholine rings is 1. The molecule has 0 aromatic rings. The fourth-order valence-electron chi connectivity index (χ4n) is 6.56. The number of nitrogens with zero attached hydrogens (tertiary/aromatic N) is 3. The van der Waals surface area contributed by atoms with Crippen LogP contribution in [0.3, 0.4) is 0 Å². The lowest BCUT2D eigenvalue weighted by Gasteiger charge is -2.37. The van der Waals surface area contributed by atoms with Gasteiger partial charge in [-0.3, -0.25) is 19.3 Å². The van der Waals surface area contributed by atoms with E-state index in [1.807, 2.05) is 6.92 Å². The number of carbonyl (C=O) groups excluding carboxylic acids is 2. The highest BCUT2D eigenvalue weighted by molar-refractivity contribution is 5.98. The molecule has 190 valence electrons. The Labute approximate surface area is 200 Å². The molecule has 1 spiro atoms. The Hall–Kier alpha value is -2.01. The zero-order valence-corrected chi connectivity index (χ0v) is 20.0. The smallest absolute Gasteiger partial charge is 0.310 e. The molecule has 2 bridgehead atoms. The zero-order chi connectivity index (χ0) is 24.5. The van der Waals surface area contributed by atoms with Crippen molar-refractivity contribution in [3.05, 3.63) is 12.7 Å². The molecule has 4 heterocycles. The molecule has 0 radical (unpaired) electrons. The largest absolute Gasteiger partial charge is 0.481 e. The molecule has 4 aliphatic heterocycles. The van der Waals surface area contributed by atoms with E-state index in [-0.39, 0.29) is 25.0 Å². The summed E-state index contributed by atoms with van der Waals surface area (Å²) in [7, 11) is 0. The Morgan fingerprint density at radius 3 is 2.62 bits per heavy atom. The predicted molar refractivity (Wildman–Crippen MR) is 122 cm³/mol. The summed E-state index contributed by atoms with van der Waals surface area (Å²) in [6.07, 6.45) is 3.43. The van der Waals surface area contributed by atoms with Crippen molar-refractivity contribution >= 4 is 17.8 Å². The van der Waals surface area contributed by atoms with Crippen molar-refractivity contribution in [1.82, 2.24) is 14.7 Å². The number of hydrogen-bond acceptors (Lipinski definition) is 7. The van der Waals surface area contributed by atoms with Gasteiger partial charge in [-0.05, 0) is 25.7 Å². The van der Waals surface area contributed by atoms with Gasteiger partial charge in [0.25, 0.3) is 0 Å². The lowest BCUT2D eigenvalue weighted by atomic mass is 9.65. The van der Waals surface area contributed by atoms with Gasteiger partial charge in [0.2, 0.25) is 11.8 Å². The van der Waals surface area contributed by atoms with Crippen molar-refractivity contribution in [3.63, 3.8) is 0 Å². The number of carboxylic acid groups (broad SMARTS) is 1. The normalized spacial score (nSPS) is 34.9. The maximum Gasteiger partial charge on any atom is 0.310 e. The third kappa shape index (κ3) is 3.94. The van der Waals surface area contributed by atoms with Crippen molar-refractivity contribution in [1.29, 1.82) is 0 Å². The Bertz CT molecular complexity index is 816. The molecule has 0 aromatic carbocycles. The number of ether oxygens (including phenoxy) is 2. The van der Waals surface area contributed by atoms with E-state index in [4.69, 9.17) is 9.47 Å².